The lowest BCUT2D eigenvalue weighted by Gasteiger charge is -2.22. The van der Waals surface area contributed by atoms with Crippen molar-refractivity contribution in [3.63, 3.8) is 0 Å². The van der Waals surface area contributed by atoms with E-state index >= 15 is 0 Å². The van der Waals surface area contributed by atoms with Crippen molar-refractivity contribution < 1.29 is 9.53 Å². The number of aromatic nitrogens is 5. The van der Waals surface area contributed by atoms with E-state index in [4.69, 9.17) is 15.6 Å². The number of methoxy groups -OCH3 is 1. The molecule has 3 aromatic heterocycles. The van der Waals surface area contributed by atoms with Crippen molar-refractivity contribution in [2.24, 2.45) is 0 Å². The van der Waals surface area contributed by atoms with E-state index < -0.39 is 0 Å². The molecule has 4 aromatic rings. The molecule has 1 aromatic carbocycles. The zero-order chi connectivity index (χ0) is 24.5. The Morgan fingerprint density at radius 2 is 2.17 bits per heavy atom. The molecule has 0 saturated carbocycles. The first-order chi connectivity index (χ1) is 17.0. The molecule has 9 nitrogen and oxygen atoms in total. The summed E-state index contributed by atoms with van der Waals surface area (Å²) in [5.74, 6) is 6.69. The van der Waals surface area contributed by atoms with Gasteiger partial charge in [0.1, 0.15) is 11.5 Å². The third kappa shape index (κ3) is 4.13. The molecule has 2 N–H and O–H groups in total. The van der Waals surface area contributed by atoms with E-state index in [1.165, 1.54) is 6.08 Å². The van der Waals surface area contributed by atoms with Gasteiger partial charge in [-0.2, -0.15) is 10.2 Å². The Morgan fingerprint density at radius 1 is 1.31 bits per heavy atom. The molecule has 1 aliphatic rings. The second kappa shape index (κ2) is 9.24. The molecule has 1 aliphatic heterocycles. The number of anilines is 1. The number of likely N-dealkylation sites (tertiary alicyclic amines) is 1. The molecule has 0 aliphatic carbocycles. The van der Waals surface area contributed by atoms with Gasteiger partial charge in [-0.1, -0.05) is 12.5 Å². The molecule has 0 radical (unpaired) electrons. The number of rotatable bonds is 5. The Labute approximate surface area is 203 Å². The number of nitrogens with two attached hydrogens (primary N) is 1. The number of carbonyl (C=O) groups excluding carboxylic acids is 1. The third-order valence-corrected chi connectivity index (χ3v) is 6.41. The van der Waals surface area contributed by atoms with Gasteiger partial charge in [0, 0.05) is 43.5 Å². The largest absolute Gasteiger partial charge is 0.383 e. The smallest absolute Gasteiger partial charge is 0.246 e. The van der Waals surface area contributed by atoms with Crippen LogP contribution in [0, 0.1) is 11.8 Å². The lowest BCUT2D eigenvalue weighted by atomic mass is 10.1. The summed E-state index contributed by atoms with van der Waals surface area (Å²) in [6.45, 7) is 7.46. The summed E-state index contributed by atoms with van der Waals surface area (Å²) in [6.07, 6.45) is 5.73. The van der Waals surface area contributed by atoms with Crippen LogP contribution in [0.5, 0.6) is 0 Å². The molecule has 1 saturated heterocycles. The number of fused-ring (bicyclic) bond motifs is 2. The van der Waals surface area contributed by atoms with Crippen molar-refractivity contribution in [3.8, 4) is 11.8 Å². The average Bonchev–Trinajstić information content (AvgIpc) is 3.57. The Bertz CT molecular complexity index is 1490. The van der Waals surface area contributed by atoms with Gasteiger partial charge in [0.15, 0.2) is 0 Å². The standard InChI is InChI=1S/C26H27N7O2/c1-4-24(34)32-15-19(13-20(32)16-35-3)33-23-10-11-28-26(27)25(23)22(30-33)9-7-17-6-8-21-18(12-17)14-31(5-2)29-21/h4,6,8,10-12,14,19-20H,1,5,13,15-16H2,2-3H3,(H2,27,28)/t19-,20+/m0/s1. The summed E-state index contributed by atoms with van der Waals surface area (Å²) < 4.78 is 9.18. The second-order valence-corrected chi connectivity index (χ2v) is 8.59. The minimum absolute atomic E-state index is 0.0462. The minimum Gasteiger partial charge on any atom is -0.383 e. The summed E-state index contributed by atoms with van der Waals surface area (Å²) in [6, 6.07) is 7.73. The Morgan fingerprint density at radius 3 is 2.94 bits per heavy atom. The maximum absolute atomic E-state index is 12.4. The predicted octanol–water partition coefficient (Wildman–Crippen LogP) is 2.76. The molecule has 4 heterocycles. The monoisotopic (exact) mass is 469 g/mol. The van der Waals surface area contributed by atoms with Crippen LogP contribution in [0.1, 0.15) is 30.6 Å². The van der Waals surface area contributed by atoms with Gasteiger partial charge in [-0.3, -0.25) is 14.2 Å². The van der Waals surface area contributed by atoms with Crippen molar-refractivity contribution >= 4 is 33.5 Å². The van der Waals surface area contributed by atoms with Gasteiger partial charge in [-0.25, -0.2) is 4.98 Å². The third-order valence-electron chi connectivity index (χ3n) is 6.41. The van der Waals surface area contributed by atoms with Crippen LogP contribution in [-0.4, -0.2) is 61.7 Å². The molecular weight excluding hydrogens is 442 g/mol. The van der Waals surface area contributed by atoms with E-state index in [1.807, 2.05) is 39.8 Å². The lowest BCUT2D eigenvalue weighted by Crippen LogP contribution is -2.37. The average molecular weight is 470 g/mol. The maximum Gasteiger partial charge on any atom is 0.246 e. The molecule has 35 heavy (non-hydrogen) atoms. The molecule has 178 valence electrons. The quantitative estimate of drug-likeness (QED) is 0.356. The number of amides is 1. The number of hydrogen-bond acceptors (Lipinski definition) is 6. The van der Waals surface area contributed by atoms with Gasteiger partial charge < -0.3 is 15.4 Å². The molecular formula is C26H27N7O2. The molecule has 2 atom stereocenters. The Balaban J connectivity index is 1.53. The maximum atomic E-state index is 12.4. The molecule has 1 fully saturated rings. The SMILES string of the molecule is C=CC(=O)N1C[C@@H](n2nc(C#Cc3ccc4nn(CC)cc4c3)c3c(N)nccc32)C[C@@H]1COC. The number of aryl methyl sites for hydroxylation is 1. The molecule has 9 heteroatoms. The highest BCUT2D eigenvalue weighted by molar-refractivity contribution is 5.93. The van der Waals surface area contributed by atoms with Crippen molar-refractivity contribution in [1.82, 2.24) is 29.4 Å². The molecule has 1 amide bonds. The van der Waals surface area contributed by atoms with Gasteiger partial charge in [0.2, 0.25) is 5.91 Å². The zero-order valence-electron chi connectivity index (χ0n) is 19.8. The summed E-state index contributed by atoms with van der Waals surface area (Å²) in [4.78, 5) is 18.5. The number of pyridine rings is 1. The molecule has 0 spiro atoms. The number of nitrogen functional groups attached to an aromatic ring is 1. The summed E-state index contributed by atoms with van der Waals surface area (Å²) in [5, 5.41) is 11.1. The highest BCUT2D eigenvalue weighted by atomic mass is 16.5. The van der Waals surface area contributed by atoms with Gasteiger partial charge >= 0.3 is 0 Å². The number of nitrogens with zero attached hydrogens (tertiary/aromatic N) is 6. The zero-order valence-corrected chi connectivity index (χ0v) is 19.8. The normalized spacial score (nSPS) is 17.6. The van der Waals surface area contributed by atoms with Gasteiger partial charge in [0.25, 0.3) is 0 Å². The van der Waals surface area contributed by atoms with Gasteiger partial charge in [0.05, 0.1) is 35.1 Å². The van der Waals surface area contributed by atoms with Crippen LogP contribution in [0.15, 0.2) is 49.3 Å². The Kier molecular flexibility index (Phi) is 5.97. The van der Waals surface area contributed by atoms with Crippen molar-refractivity contribution in [2.75, 3.05) is 26.0 Å². The summed E-state index contributed by atoms with van der Waals surface area (Å²) in [7, 11) is 1.64. The summed E-state index contributed by atoms with van der Waals surface area (Å²) >= 11 is 0. The molecule has 0 unspecified atom stereocenters. The lowest BCUT2D eigenvalue weighted by molar-refractivity contribution is -0.127. The minimum atomic E-state index is -0.117. The second-order valence-electron chi connectivity index (χ2n) is 8.59. The van der Waals surface area contributed by atoms with E-state index in [0.717, 1.165) is 33.9 Å². The van der Waals surface area contributed by atoms with Crippen LogP contribution < -0.4 is 5.73 Å². The van der Waals surface area contributed by atoms with E-state index in [2.05, 4.69) is 35.4 Å². The van der Waals surface area contributed by atoms with Crippen LogP contribution in [0.25, 0.3) is 21.8 Å². The van der Waals surface area contributed by atoms with Crippen molar-refractivity contribution in [2.45, 2.75) is 32.0 Å². The van der Waals surface area contributed by atoms with E-state index in [9.17, 15) is 4.79 Å². The van der Waals surface area contributed by atoms with Gasteiger partial charge in [-0.05, 0) is 49.6 Å². The first-order valence-electron chi connectivity index (χ1n) is 11.6. The van der Waals surface area contributed by atoms with E-state index in [0.29, 0.717) is 31.1 Å². The first kappa shape index (κ1) is 22.6. The van der Waals surface area contributed by atoms with E-state index in [1.54, 1.807) is 18.2 Å². The first-order valence-corrected chi connectivity index (χ1v) is 11.6. The summed E-state index contributed by atoms with van der Waals surface area (Å²) in [5.41, 5.74) is 9.47. The fourth-order valence-corrected chi connectivity index (χ4v) is 4.73. The molecule has 5 rings (SSSR count). The highest BCUT2D eigenvalue weighted by Crippen LogP contribution is 2.32. The van der Waals surface area contributed by atoms with Crippen molar-refractivity contribution in [1.29, 1.82) is 0 Å². The number of carbonyl (C=O) groups is 1. The number of benzene rings is 1. The molecule has 0 bridgehead atoms. The Hall–Kier alpha value is -4.16. The van der Waals surface area contributed by atoms with Crippen LogP contribution in [-0.2, 0) is 16.1 Å². The number of ether oxygens (including phenoxy) is 1. The number of hydrogen-bond donors (Lipinski definition) is 1. The van der Waals surface area contributed by atoms with Crippen LogP contribution in [0.4, 0.5) is 5.82 Å². The van der Waals surface area contributed by atoms with Gasteiger partial charge in [-0.15, -0.1) is 0 Å². The topological polar surface area (TPSA) is 104 Å². The van der Waals surface area contributed by atoms with Crippen LogP contribution in [0.2, 0.25) is 0 Å². The van der Waals surface area contributed by atoms with E-state index in [-0.39, 0.29) is 18.0 Å². The van der Waals surface area contributed by atoms with Crippen LogP contribution in [0.3, 0.4) is 0 Å². The fourth-order valence-electron chi connectivity index (χ4n) is 4.73. The fraction of sp³-hybridized carbons (Fsp3) is 0.308. The van der Waals surface area contributed by atoms with Crippen molar-refractivity contribution in [3.05, 3.63) is 60.6 Å². The highest BCUT2D eigenvalue weighted by Gasteiger charge is 2.36. The predicted molar refractivity (Wildman–Crippen MR) is 135 cm³/mol. The van der Waals surface area contributed by atoms with Crippen LogP contribution >= 0.6 is 0 Å².